The van der Waals surface area contributed by atoms with Crippen LogP contribution >= 0.6 is 0 Å². The molecule has 0 aromatic carbocycles. The predicted octanol–water partition coefficient (Wildman–Crippen LogP) is 2.76. The van der Waals surface area contributed by atoms with Gasteiger partial charge in [0.1, 0.15) is 0 Å². The molecule has 3 aliphatic rings. The van der Waals surface area contributed by atoms with E-state index in [1.807, 2.05) is 0 Å². The van der Waals surface area contributed by atoms with Gasteiger partial charge in [-0.1, -0.05) is 20.8 Å². The lowest BCUT2D eigenvalue weighted by Crippen LogP contribution is -2.47. The molecule has 3 heteroatoms. The Balaban J connectivity index is 1.79. The molecule has 0 aromatic rings. The van der Waals surface area contributed by atoms with Gasteiger partial charge in [-0.15, -0.1) is 0 Å². The van der Waals surface area contributed by atoms with Crippen LogP contribution in [0.2, 0.25) is 0 Å². The summed E-state index contributed by atoms with van der Waals surface area (Å²) in [6.45, 7) is 6.63. The van der Waals surface area contributed by atoms with Crippen LogP contribution in [-0.2, 0) is 4.79 Å². The summed E-state index contributed by atoms with van der Waals surface area (Å²) >= 11 is 0. The second kappa shape index (κ2) is 5.08. The Morgan fingerprint density at radius 1 is 1.21 bits per heavy atom. The van der Waals surface area contributed by atoms with Crippen molar-refractivity contribution in [2.75, 3.05) is 0 Å². The van der Waals surface area contributed by atoms with Crippen LogP contribution in [0.5, 0.6) is 0 Å². The molecular formula is C16H28N2O. The zero-order chi connectivity index (χ0) is 13.6. The van der Waals surface area contributed by atoms with Crippen LogP contribution in [0.15, 0.2) is 0 Å². The number of amides is 1. The third-order valence-electron chi connectivity index (χ3n) is 4.92. The van der Waals surface area contributed by atoms with Gasteiger partial charge in [0.05, 0.1) is 12.2 Å². The molecule has 1 saturated heterocycles. The first-order chi connectivity index (χ1) is 9.11. The van der Waals surface area contributed by atoms with Gasteiger partial charge in [-0.3, -0.25) is 10.1 Å². The van der Waals surface area contributed by atoms with E-state index in [-0.39, 0.29) is 6.04 Å². The molecule has 0 aromatic heterocycles. The second-order valence-electron chi connectivity index (χ2n) is 7.18. The third-order valence-corrected chi connectivity index (χ3v) is 4.92. The molecule has 0 bridgehead atoms. The second-order valence-corrected chi connectivity index (χ2v) is 7.18. The number of carbonyl (C=O) groups excluding carboxylic acids is 1. The van der Waals surface area contributed by atoms with Crippen LogP contribution < -0.4 is 5.32 Å². The normalized spacial score (nSPS) is 31.8. The summed E-state index contributed by atoms with van der Waals surface area (Å²) in [6, 6.07) is 0.629. The van der Waals surface area contributed by atoms with Crippen molar-refractivity contribution in [3.63, 3.8) is 0 Å². The molecule has 3 rings (SSSR count). The van der Waals surface area contributed by atoms with Crippen LogP contribution in [-0.4, -0.2) is 29.1 Å². The van der Waals surface area contributed by atoms with E-state index < -0.39 is 0 Å². The molecule has 3 nitrogen and oxygen atoms in total. The maximum Gasteiger partial charge on any atom is 0.241 e. The highest BCUT2D eigenvalue weighted by Crippen LogP contribution is 2.48. The molecule has 0 radical (unpaired) electrons. The van der Waals surface area contributed by atoms with E-state index >= 15 is 0 Å². The molecule has 19 heavy (non-hydrogen) atoms. The minimum absolute atomic E-state index is 0.0729. The summed E-state index contributed by atoms with van der Waals surface area (Å²) < 4.78 is 0. The zero-order valence-electron chi connectivity index (χ0n) is 12.6. The van der Waals surface area contributed by atoms with E-state index in [0.717, 1.165) is 24.7 Å². The molecule has 1 amide bonds. The van der Waals surface area contributed by atoms with E-state index in [0.29, 0.717) is 24.0 Å². The maximum atomic E-state index is 12.7. The van der Waals surface area contributed by atoms with Crippen molar-refractivity contribution in [2.24, 2.45) is 17.8 Å². The molecule has 1 N–H and O–H groups in total. The number of nitrogens with zero attached hydrogens (tertiary/aromatic N) is 1. The van der Waals surface area contributed by atoms with Gasteiger partial charge in [-0.25, -0.2) is 0 Å². The monoisotopic (exact) mass is 264 g/mol. The predicted molar refractivity (Wildman–Crippen MR) is 76.5 cm³/mol. The molecule has 2 unspecified atom stereocenters. The number of hydrogen-bond acceptors (Lipinski definition) is 2. The van der Waals surface area contributed by atoms with Crippen LogP contribution in [0.25, 0.3) is 0 Å². The quantitative estimate of drug-likeness (QED) is 0.800. The number of rotatable bonds is 6. The Kier molecular flexibility index (Phi) is 3.59. The maximum absolute atomic E-state index is 12.7. The lowest BCUT2D eigenvalue weighted by atomic mass is 10.0. The van der Waals surface area contributed by atoms with E-state index in [2.05, 4.69) is 31.0 Å². The number of nitrogens with one attached hydrogen (secondary N) is 1. The van der Waals surface area contributed by atoms with Crippen molar-refractivity contribution in [1.82, 2.24) is 10.2 Å². The third kappa shape index (κ3) is 2.67. The molecule has 3 fully saturated rings. The van der Waals surface area contributed by atoms with Crippen molar-refractivity contribution in [3.05, 3.63) is 0 Å². The van der Waals surface area contributed by atoms with Crippen molar-refractivity contribution in [2.45, 2.75) is 77.5 Å². The highest BCUT2D eigenvalue weighted by Gasteiger charge is 2.51. The highest BCUT2D eigenvalue weighted by molar-refractivity contribution is 5.84. The Hall–Kier alpha value is -0.570. The van der Waals surface area contributed by atoms with Crippen molar-refractivity contribution in [3.8, 4) is 0 Å². The lowest BCUT2D eigenvalue weighted by Gasteiger charge is -2.34. The molecule has 1 aliphatic heterocycles. The van der Waals surface area contributed by atoms with Crippen molar-refractivity contribution < 1.29 is 4.79 Å². The first-order valence-corrected chi connectivity index (χ1v) is 8.20. The van der Waals surface area contributed by atoms with Gasteiger partial charge in [0.2, 0.25) is 5.91 Å². The molecule has 2 saturated carbocycles. The molecular weight excluding hydrogens is 236 g/mol. The topological polar surface area (TPSA) is 32.3 Å². The van der Waals surface area contributed by atoms with Gasteiger partial charge in [0.25, 0.3) is 0 Å². The summed E-state index contributed by atoms with van der Waals surface area (Å²) in [5, 5.41) is 3.59. The molecule has 2 atom stereocenters. The number of hydrogen-bond donors (Lipinski definition) is 1. The number of carbonyl (C=O) groups is 1. The molecule has 0 spiro atoms. The van der Waals surface area contributed by atoms with Crippen LogP contribution in [0.4, 0.5) is 0 Å². The minimum Gasteiger partial charge on any atom is -0.322 e. The van der Waals surface area contributed by atoms with Crippen LogP contribution in [0.3, 0.4) is 0 Å². The van der Waals surface area contributed by atoms with Crippen molar-refractivity contribution in [1.29, 1.82) is 0 Å². The van der Waals surface area contributed by atoms with E-state index in [4.69, 9.17) is 0 Å². The van der Waals surface area contributed by atoms with Crippen molar-refractivity contribution >= 4 is 5.91 Å². The van der Waals surface area contributed by atoms with Gasteiger partial charge < -0.3 is 4.90 Å². The fourth-order valence-electron chi connectivity index (χ4n) is 3.71. The Morgan fingerprint density at radius 2 is 1.79 bits per heavy atom. The van der Waals surface area contributed by atoms with E-state index in [1.54, 1.807) is 0 Å². The fraction of sp³-hybridized carbons (Fsp3) is 0.938. The SMILES string of the molecule is CCC1NC(CC(C)C)N(C(C2CC2)C2CC2)C1=O. The van der Waals surface area contributed by atoms with Gasteiger partial charge in [-0.2, -0.15) is 0 Å². The van der Waals surface area contributed by atoms with Gasteiger partial charge in [0.15, 0.2) is 0 Å². The van der Waals surface area contributed by atoms with E-state index in [1.165, 1.54) is 25.7 Å². The lowest BCUT2D eigenvalue weighted by molar-refractivity contribution is -0.133. The summed E-state index contributed by atoms with van der Waals surface area (Å²) in [5.41, 5.74) is 0. The zero-order valence-corrected chi connectivity index (χ0v) is 12.6. The fourth-order valence-corrected chi connectivity index (χ4v) is 3.71. The average molecular weight is 264 g/mol. The molecule has 108 valence electrons. The average Bonchev–Trinajstić information content (AvgIpc) is 3.24. The summed E-state index contributed by atoms with van der Waals surface area (Å²) in [4.78, 5) is 15.0. The Labute approximate surface area is 117 Å². The first kappa shape index (κ1) is 13.4. The molecule has 2 aliphatic carbocycles. The van der Waals surface area contributed by atoms with Gasteiger partial charge in [-0.05, 0) is 56.3 Å². The Bertz CT molecular complexity index is 335. The van der Waals surface area contributed by atoms with Gasteiger partial charge >= 0.3 is 0 Å². The smallest absolute Gasteiger partial charge is 0.241 e. The minimum atomic E-state index is 0.0729. The first-order valence-electron chi connectivity index (χ1n) is 8.20. The summed E-state index contributed by atoms with van der Waals surface area (Å²) in [7, 11) is 0. The standard InChI is InChI=1S/C16H28N2O/c1-4-13-16(19)18(14(17-13)9-10(2)3)15(11-5-6-11)12-7-8-12/h10-15,17H,4-9H2,1-3H3. The molecule has 1 heterocycles. The van der Waals surface area contributed by atoms with E-state index in [9.17, 15) is 4.79 Å². The highest BCUT2D eigenvalue weighted by atomic mass is 16.2. The van der Waals surface area contributed by atoms with Gasteiger partial charge in [0, 0.05) is 6.04 Å². The van der Waals surface area contributed by atoms with Crippen LogP contribution in [0.1, 0.15) is 59.3 Å². The summed E-state index contributed by atoms with van der Waals surface area (Å²) in [6.07, 6.45) is 7.69. The largest absolute Gasteiger partial charge is 0.322 e. The van der Waals surface area contributed by atoms with Crippen LogP contribution in [0, 0.1) is 17.8 Å². The Morgan fingerprint density at radius 3 is 2.21 bits per heavy atom. The summed E-state index contributed by atoms with van der Waals surface area (Å²) in [5.74, 6) is 2.64.